The molecule has 0 bridgehead atoms. The SMILES string of the molecule is C[SiH](C)Oc1c(-c2nc(Cl)nc3ccc(Cl)cc23)cccc1C(C)(C)C. The number of rotatable bonds is 3. The average molecular weight is 405 g/mol. The molecule has 0 amide bonds. The van der Waals surface area contributed by atoms with Gasteiger partial charge in [0.05, 0.1) is 11.2 Å². The van der Waals surface area contributed by atoms with Gasteiger partial charge in [-0.1, -0.05) is 44.5 Å². The van der Waals surface area contributed by atoms with Gasteiger partial charge < -0.3 is 4.43 Å². The number of fused-ring (bicyclic) bond motifs is 1. The average Bonchev–Trinajstić information content (AvgIpc) is 2.53. The van der Waals surface area contributed by atoms with Crippen LogP contribution in [0.3, 0.4) is 0 Å². The molecule has 1 heterocycles. The lowest BCUT2D eigenvalue weighted by atomic mass is 9.84. The fraction of sp³-hybridized carbons (Fsp3) is 0.300. The maximum atomic E-state index is 6.38. The first-order valence-corrected chi connectivity index (χ1v) is 12.1. The second kappa shape index (κ2) is 7.18. The molecule has 0 spiro atoms. The van der Waals surface area contributed by atoms with Gasteiger partial charge in [0.15, 0.2) is 0 Å². The molecule has 0 aliphatic carbocycles. The lowest BCUT2D eigenvalue weighted by Gasteiger charge is -2.26. The summed E-state index contributed by atoms with van der Waals surface area (Å²) >= 11 is 12.4. The molecule has 3 rings (SSSR count). The van der Waals surface area contributed by atoms with E-state index in [9.17, 15) is 0 Å². The van der Waals surface area contributed by atoms with E-state index in [1.54, 1.807) is 6.07 Å². The molecule has 26 heavy (non-hydrogen) atoms. The highest BCUT2D eigenvalue weighted by atomic mass is 35.5. The maximum Gasteiger partial charge on any atom is 0.229 e. The van der Waals surface area contributed by atoms with E-state index in [2.05, 4.69) is 49.9 Å². The smallest absolute Gasteiger partial charge is 0.229 e. The Morgan fingerprint density at radius 3 is 2.38 bits per heavy atom. The minimum Gasteiger partial charge on any atom is -0.546 e. The topological polar surface area (TPSA) is 35.0 Å². The van der Waals surface area contributed by atoms with Gasteiger partial charge in [-0.2, -0.15) is 0 Å². The molecule has 0 aliphatic heterocycles. The molecule has 0 saturated carbocycles. The quantitative estimate of drug-likeness (QED) is 0.381. The molecule has 136 valence electrons. The number of aromatic nitrogens is 2. The van der Waals surface area contributed by atoms with Gasteiger partial charge in [-0.25, -0.2) is 9.97 Å². The third-order valence-corrected chi connectivity index (χ3v) is 5.17. The molecule has 2 aromatic carbocycles. The molecule has 0 atom stereocenters. The molecule has 0 radical (unpaired) electrons. The van der Waals surface area contributed by atoms with Crippen molar-refractivity contribution in [1.82, 2.24) is 9.97 Å². The van der Waals surface area contributed by atoms with E-state index in [-0.39, 0.29) is 10.7 Å². The minimum atomic E-state index is -1.34. The van der Waals surface area contributed by atoms with Gasteiger partial charge in [0.1, 0.15) is 5.75 Å². The first-order chi connectivity index (χ1) is 12.2. The standard InChI is InChI=1S/C20H22Cl2N2OSi/c1-20(2,3)15-8-6-7-13(18(15)25-26(4)5)17-14-11-12(21)9-10-16(14)23-19(22)24-17/h6-11,26H,1-5H3. The van der Waals surface area contributed by atoms with E-state index in [0.29, 0.717) is 5.02 Å². The van der Waals surface area contributed by atoms with Crippen LogP contribution in [0.1, 0.15) is 26.3 Å². The molecule has 0 unspecified atom stereocenters. The van der Waals surface area contributed by atoms with E-state index in [0.717, 1.165) is 33.5 Å². The second-order valence-corrected chi connectivity index (χ2v) is 10.7. The van der Waals surface area contributed by atoms with E-state index in [4.69, 9.17) is 27.6 Å². The van der Waals surface area contributed by atoms with Crippen LogP contribution in [0.5, 0.6) is 5.75 Å². The van der Waals surface area contributed by atoms with Crippen LogP contribution < -0.4 is 4.43 Å². The second-order valence-electron chi connectivity index (χ2n) is 7.60. The van der Waals surface area contributed by atoms with E-state index >= 15 is 0 Å². The maximum absolute atomic E-state index is 6.38. The first kappa shape index (κ1) is 19.1. The van der Waals surface area contributed by atoms with Gasteiger partial charge in [0, 0.05) is 16.0 Å². The van der Waals surface area contributed by atoms with E-state index in [1.165, 1.54) is 0 Å². The number of nitrogens with zero attached hydrogens (tertiary/aromatic N) is 2. The molecule has 3 aromatic rings. The van der Waals surface area contributed by atoms with Gasteiger partial charge >= 0.3 is 0 Å². The van der Waals surface area contributed by atoms with Crippen molar-refractivity contribution >= 4 is 43.1 Å². The van der Waals surface area contributed by atoms with Gasteiger partial charge in [0.25, 0.3) is 0 Å². The van der Waals surface area contributed by atoms with Crippen LogP contribution >= 0.6 is 23.2 Å². The number of benzene rings is 2. The van der Waals surface area contributed by atoms with Crippen LogP contribution in [0.2, 0.25) is 23.4 Å². The van der Waals surface area contributed by atoms with E-state index < -0.39 is 9.04 Å². The number of halogens is 2. The summed E-state index contributed by atoms with van der Waals surface area (Å²) < 4.78 is 6.38. The number of hydrogen-bond acceptors (Lipinski definition) is 3. The molecular formula is C20H22Cl2N2OSi. The zero-order chi connectivity index (χ0) is 19.1. The summed E-state index contributed by atoms with van der Waals surface area (Å²) in [6.45, 7) is 10.9. The highest BCUT2D eigenvalue weighted by Gasteiger charge is 2.24. The molecule has 0 aliphatic rings. The molecule has 3 nitrogen and oxygen atoms in total. The van der Waals surface area contributed by atoms with Crippen LogP contribution in [0.15, 0.2) is 36.4 Å². The highest BCUT2D eigenvalue weighted by molar-refractivity contribution is 6.49. The van der Waals surface area contributed by atoms with Crippen LogP contribution in [-0.2, 0) is 5.41 Å². The molecule has 0 saturated heterocycles. The summed E-state index contributed by atoms with van der Waals surface area (Å²) in [5, 5.41) is 1.71. The molecule has 6 heteroatoms. The lowest BCUT2D eigenvalue weighted by Crippen LogP contribution is -2.19. The molecule has 0 N–H and O–H groups in total. The normalized spacial score (nSPS) is 12.0. The summed E-state index contributed by atoms with van der Waals surface area (Å²) in [5.41, 5.74) is 3.53. The Balaban J connectivity index is 2.37. The fourth-order valence-corrected chi connectivity index (χ4v) is 4.03. The van der Waals surface area contributed by atoms with Crippen LogP contribution in [0.4, 0.5) is 0 Å². The number of hydrogen-bond donors (Lipinski definition) is 0. The summed E-state index contributed by atoms with van der Waals surface area (Å²) in [6.07, 6.45) is 0. The Morgan fingerprint density at radius 1 is 1.00 bits per heavy atom. The Labute approximate surface area is 166 Å². The predicted octanol–water partition coefficient (Wildman–Crippen LogP) is 6.26. The lowest BCUT2D eigenvalue weighted by molar-refractivity contribution is 0.522. The summed E-state index contributed by atoms with van der Waals surface area (Å²) in [5.74, 6) is 0.887. The zero-order valence-corrected chi connectivity index (χ0v) is 18.3. The third kappa shape index (κ3) is 3.87. The monoisotopic (exact) mass is 404 g/mol. The first-order valence-electron chi connectivity index (χ1n) is 8.60. The third-order valence-electron chi connectivity index (χ3n) is 4.06. The van der Waals surface area contributed by atoms with Crippen molar-refractivity contribution in [3.8, 4) is 17.0 Å². The van der Waals surface area contributed by atoms with Gasteiger partial charge in [0.2, 0.25) is 14.3 Å². The van der Waals surface area contributed by atoms with Crippen molar-refractivity contribution in [3.63, 3.8) is 0 Å². The molecular weight excluding hydrogens is 383 g/mol. The Bertz CT molecular complexity index is 968. The summed E-state index contributed by atoms with van der Waals surface area (Å²) in [6, 6.07) is 11.7. The van der Waals surface area contributed by atoms with Crippen LogP contribution in [-0.4, -0.2) is 19.0 Å². The van der Waals surface area contributed by atoms with E-state index in [1.807, 2.05) is 24.3 Å². The number of para-hydroxylation sites is 1. The molecule has 0 fully saturated rings. The van der Waals surface area contributed by atoms with Crippen molar-refractivity contribution in [2.45, 2.75) is 39.3 Å². The predicted molar refractivity (Wildman–Crippen MR) is 113 cm³/mol. The largest absolute Gasteiger partial charge is 0.546 e. The summed E-state index contributed by atoms with van der Waals surface area (Å²) in [4.78, 5) is 8.86. The Kier molecular flexibility index (Phi) is 5.29. The highest BCUT2D eigenvalue weighted by Crippen LogP contribution is 2.41. The minimum absolute atomic E-state index is 0.0566. The van der Waals surface area contributed by atoms with Crippen molar-refractivity contribution in [1.29, 1.82) is 0 Å². The Morgan fingerprint density at radius 2 is 1.73 bits per heavy atom. The Hall–Kier alpha value is -1.62. The molecule has 1 aromatic heterocycles. The van der Waals surface area contributed by atoms with Crippen molar-refractivity contribution in [2.75, 3.05) is 0 Å². The zero-order valence-electron chi connectivity index (χ0n) is 15.6. The van der Waals surface area contributed by atoms with Crippen LogP contribution in [0.25, 0.3) is 22.2 Å². The fourth-order valence-electron chi connectivity index (χ4n) is 2.95. The van der Waals surface area contributed by atoms with Gasteiger partial charge in [-0.3, -0.25) is 0 Å². The van der Waals surface area contributed by atoms with Crippen molar-refractivity contribution in [2.24, 2.45) is 0 Å². The van der Waals surface area contributed by atoms with Crippen LogP contribution in [0, 0.1) is 0 Å². The van der Waals surface area contributed by atoms with Crippen molar-refractivity contribution in [3.05, 3.63) is 52.3 Å². The summed E-state index contributed by atoms with van der Waals surface area (Å²) in [7, 11) is -1.34. The van der Waals surface area contributed by atoms with Gasteiger partial charge in [-0.15, -0.1) is 0 Å². The van der Waals surface area contributed by atoms with Gasteiger partial charge in [-0.05, 0) is 59.9 Å². The van der Waals surface area contributed by atoms with Crippen molar-refractivity contribution < 1.29 is 4.43 Å².